The number of rotatable bonds is 7. The first-order valence-corrected chi connectivity index (χ1v) is 8.97. The van der Waals surface area contributed by atoms with Crippen molar-refractivity contribution in [2.75, 3.05) is 13.2 Å². The van der Waals surface area contributed by atoms with Crippen molar-refractivity contribution in [3.63, 3.8) is 0 Å². The molecule has 0 atom stereocenters. The molecule has 0 aliphatic carbocycles. The van der Waals surface area contributed by atoms with Crippen LogP contribution in [0.1, 0.15) is 47.4 Å². The van der Waals surface area contributed by atoms with Gasteiger partial charge in [-0.2, -0.15) is 0 Å². The van der Waals surface area contributed by atoms with Gasteiger partial charge in [-0.1, -0.05) is 62.4 Å². The lowest BCUT2D eigenvalue weighted by molar-refractivity contribution is -0.131. The largest absolute Gasteiger partial charge is 0.478 e. The first kappa shape index (κ1) is 26.0. The fourth-order valence-electron chi connectivity index (χ4n) is 1.93. The monoisotopic (exact) mass is 404 g/mol. The maximum atomic E-state index is 10.7. The summed E-state index contributed by atoms with van der Waals surface area (Å²) >= 11 is 0. The summed E-state index contributed by atoms with van der Waals surface area (Å²) in [7, 11) is 0. The topological polar surface area (TPSA) is 132 Å². The Labute approximate surface area is 170 Å². The number of carbonyl (C=O) groups excluding carboxylic acids is 1. The molecule has 158 valence electrons. The zero-order valence-electron chi connectivity index (χ0n) is 16.6. The first-order chi connectivity index (χ1) is 13.6. The zero-order valence-corrected chi connectivity index (χ0v) is 16.6. The van der Waals surface area contributed by atoms with E-state index in [1.807, 2.05) is 13.8 Å². The Balaban J connectivity index is 0.000000409. The van der Waals surface area contributed by atoms with E-state index in [0.29, 0.717) is 5.56 Å². The van der Waals surface area contributed by atoms with E-state index in [0.717, 1.165) is 12.8 Å². The minimum Gasteiger partial charge on any atom is -0.478 e. The van der Waals surface area contributed by atoms with Crippen LogP contribution in [0.15, 0.2) is 60.7 Å². The summed E-state index contributed by atoms with van der Waals surface area (Å²) in [6, 6.07) is 16.2. The lowest BCUT2D eigenvalue weighted by Crippen LogP contribution is -2.16. The molecule has 0 saturated carbocycles. The number of benzene rings is 2. The van der Waals surface area contributed by atoms with Crippen molar-refractivity contribution < 1.29 is 34.8 Å². The van der Waals surface area contributed by atoms with Gasteiger partial charge in [-0.15, -0.1) is 0 Å². The van der Waals surface area contributed by atoms with Crippen LogP contribution in [0.5, 0.6) is 0 Å². The van der Waals surface area contributed by atoms with E-state index in [1.165, 1.54) is 12.1 Å². The summed E-state index contributed by atoms with van der Waals surface area (Å²) < 4.78 is 0. The zero-order chi connectivity index (χ0) is 22.3. The summed E-state index contributed by atoms with van der Waals surface area (Å²) in [6.45, 7) is 4.40. The van der Waals surface area contributed by atoms with Gasteiger partial charge in [-0.3, -0.25) is 4.79 Å². The number of hydrogen-bond donors (Lipinski definition) is 4. The lowest BCUT2D eigenvalue weighted by atomic mass is 9.89. The van der Waals surface area contributed by atoms with Gasteiger partial charge in [0.2, 0.25) is 0 Å². The second-order valence-electron chi connectivity index (χ2n) is 6.82. The number of Topliss-reactive ketones (excluding diaryl/α,β-unsaturated/α-hetero) is 1. The molecular formula is C22H28O7. The number of ketones is 1. The van der Waals surface area contributed by atoms with E-state index in [2.05, 4.69) is 0 Å². The number of aliphatic hydroxyl groups excluding tert-OH is 2. The number of hydrogen-bond acceptors (Lipinski definition) is 5. The van der Waals surface area contributed by atoms with Crippen LogP contribution in [0.25, 0.3) is 0 Å². The Kier molecular flexibility index (Phi) is 12.6. The Morgan fingerprint density at radius 3 is 1.55 bits per heavy atom. The van der Waals surface area contributed by atoms with E-state index in [9.17, 15) is 14.4 Å². The van der Waals surface area contributed by atoms with Crippen molar-refractivity contribution >= 4 is 17.7 Å². The van der Waals surface area contributed by atoms with Gasteiger partial charge in [0.15, 0.2) is 0 Å². The van der Waals surface area contributed by atoms with Crippen molar-refractivity contribution in [1.82, 2.24) is 0 Å². The number of carboxylic acid groups (broad SMARTS) is 2. The number of aliphatic carboxylic acids is 1. The second kappa shape index (κ2) is 14.0. The van der Waals surface area contributed by atoms with Crippen LogP contribution >= 0.6 is 0 Å². The molecule has 0 spiro atoms. The molecule has 0 radical (unpaired) electrons. The number of carboxylic acids is 2. The first-order valence-electron chi connectivity index (χ1n) is 8.97. The lowest BCUT2D eigenvalue weighted by Gasteiger charge is -2.20. The van der Waals surface area contributed by atoms with Crippen LogP contribution in [-0.2, 0) is 4.79 Å². The molecule has 4 N–H and O–H groups in total. The van der Waals surface area contributed by atoms with Crippen LogP contribution in [-0.4, -0.2) is 51.4 Å². The molecular weight excluding hydrogens is 376 g/mol. The van der Waals surface area contributed by atoms with Crippen molar-refractivity contribution in [2.24, 2.45) is 5.41 Å². The van der Waals surface area contributed by atoms with Crippen molar-refractivity contribution in [3.8, 4) is 0 Å². The van der Waals surface area contributed by atoms with Crippen LogP contribution < -0.4 is 0 Å². The van der Waals surface area contributed by atoms with Gasteiger partial charge >= 0.3 is 11.9 Å². The van der Waals surface area contributed by atoms with E-state index in [-0.39, 0.29) is 24.2 Å². The SMILES string of the molecule is CC(C)(CO)CCCO.O=C(O)C(=O)c1ccccc1.O=C(O)c1ccccc1. The predicted octanol–water partition coefficient (Wildman–Crippen LogP) is 3.12. The number of carbonyl (C=O) groups is 3. The smallest absolute Gasteiger partial charge is 0.377 e. The third kappa shape index (κ3) is 12.1. The van der Waals surface area contributed by atoms with Crippen LogP contribution in [0.2, 0.25) is 0 Å². The highest BCUT2D eigenvalue weighted by atomic mass is 16.4. The van der Waals surface area contributed by atoms with Gasteiger partial charge in [0.25, 0.3) is 5.78 Å². The van der Waals surface area contributed by atoms with E-state index in [1.54, 1.807) is 48.5 Å². The van der Waals surface area contributed by atoms with Crippen molar-refractivity contribution in [1.29, 1.82) is 0 Å². The molecule has 7 heteroatoms. The average Bonchev–Trinajstić information content (AvgIpc) is 2.74. The second-order valence-corrected chi connectivity index (χ2v) is 6.82. The molecule has 0 aliphatic heterocycles. The van der Waals surface area contributed by atoms with Gasteiger partial charge in [-0.05, 0) is 30.4 Å². The molecule has 0 heterocycles. The van der Waals surface area contributed by atoms with Crippen molar-refractivity contribution in [3.05, 3.63) is 71.8 Å². The highest BCUT2D eigenvalue weighted by Gasteiger charge is 2.14. The Morgan fingerprint density at radius 1 is 0.793 bits per heavy atom. The summed E-state index contributed by atoms with van der Waals surface area (Å²) in [5, 5.41) is 33.9. The fourth-order valence-corrected chi connectivity index (χ4v) is 1.93. The molecule has 2 rings (SSSR count). The Bertz CT molecular complexity index is 740. The molecule has 2 aromatic carbocycles. The standard InChI is InChI=1S/C8H6O3.C7H6O2.C7H16O2/c9-7(8(10)11)6-4-2-1-3-5-6;8-7(9)6-4-2-1-3-5-6;1-7(2,6-9)4-3-5-8/h1-5H,(H,10,11);1-5H,(H,8,9);8-9H,3-6H2,1-2H3. The average molecular weight is 404 g/mol. The molecule has 2 aromatic rings. The van der Waals surface area contributed by atoms with E-state index < -0.39 is 17.7 Å². The van der Waals surface area contributed by atoms with Gasteiger partial charge < -0.3 is 20.4 Å². The minimum atomic E-state index is -1.42. The predicted molar refractivity (Wildman–Crippen MR) is 109 cm³/mol. The highest BCUT2D eigenvalue weighted by Crippen LogP contribution is 2.20. The van der Waals surface area contributed by atoms with Crippen LogP contribution in [0.3, 0.4) is 0 Å². The highest BCUT2D eigenvalue weighted by molar-refractivity contribution is 6.39. The quantitative estimate of drug-likeness (QED) is 0.412. The van der Waals surface area contributed by atoms with Gasteiger partial charge in [0, 0.05) is 18.8 Å². The van der Waals surface area contributed by atoms with Gasteiger partial charge in [0.05, 0.1) is 5.56 Å². The van der Waals surface area contributed by atoms with Crippen LogP contribution in [0, 0.1) is 5.41 Å². The van der Waals surface area contributed by atoms with Crippen LogP contribution in [0.4, 0.5) is 0 Å². The molecule has 29 heavy (non-hydrogen) atoms. The van der Waals surface area contributed by atoms with E-state index >= 15 is 0 Å². The summed E-state index contributed by atoms with van der Waals surface area (Å²) in [4.78, 5) is 31.1. The molecule has 0 amide bonds. The number of aliphatic hydroxyl groups is 2. The van der Waals surface area contributed by atoms with Gasteiger partial charge in [0.1, 0.15) is 0 Å². The molecule has 0 bridgehead atoms. The molecule has 0 unspecified atom stereocenters. The third-order valence-electron chi connectivity index (χ3n) is 3.69. The molecule has 0 aliphatic rings. The van der Waals surface area contributed by atoms with Crippen molar-refractivity contribution in [2.45, 2.75) is 26.7 Å². The molecule has 0 aromatic heterocycles. The van der Waals surface area contributed by atoms with Gasteiger partial charge in [-0.25, -0.2) is 9.59 Å². The molecule has 0 saturated heterocycles. The summed E-state index contributed by atoms with van der Waals surface area (Å²) in [6.07, 6.45) is 1.67. The maximum absolute atomic E-state index is 10.7. The summed E-state index contributed by atoms with van der Waals surface area (Å²) in [5.74, 6) is -3.17. The maximum Gasteiger partial charge on any atom is 0.377 e. The molecule has 7 nitrogen and oxygen atoms in total. The fraction of sp³-hybridized carbons (Fsp3) is 0.318. The molecule has 0 fully saturated rings. The normalized spacial score (nSPS) is 9.93. The minimum absolute atomic E-state index is 0.0112. The summed E-state index contributed by atoms with van der Waals surface area (Å²) in [5.41, 5.74) is 0.528. The number of aromatic carboxylic acids is 1. The Hall–Kier alpha value is -3.03. The Morgan fingerprint density at radius 2 is 1.24 bits per heavy atom. The third-order valence-corrected chi connectivity index (χ3v) is 3.69. The van der Waals surface area contributed by atoms with E-state index in [4.69, 9.17) is 20.4 Å².